The van der Waals surface area contributed by atoms with Crippen molar-refractivity contribution in [2.45, 2.75) is 127 Å². The summed E-state index contributed by atoms with van der Waals surface area (Å²) in [6.07, 6.45) is -2.46. The molecule has 2 fully saturated rings. The second-order valence-corrected chi connectivity index (χ2v) is 16.2. The van der Waals surface area contributed by atoms with E-state index in [2.05, 4.69) is 9.97 Å². The highest BCUT2D eigenvalue weighted by Crippen LogP contribution is 2.52. The molecule has 0 amide bonds. The lowest BCUT2D eigenvalue weighted by Crippen LogP contribution is -2.36. The van der Waals surface area contributed by atoms with Crippen LogP contribution >= 0.6 is 17.0 Å². The summed E-state index contributed by atoms with van der Waals surface area (Å²) in [4.78, 5) is 16.1. The molecule has 0 spiro atoms. The van der Waals surface area contributed by atoms with Gasteiger partial charge in [-0.15, -0.1) is 17.0 Å². The fourth-order valence-electron chi connectivity index (χ4n) is 8.03. The van der Waals surface area contributed by atoms with Crippen molar-refractivity contribution < 1.29 is 41.3 Å². The summed E-state index contributed by atoms with van der Waals surface area (Å²) in [7, 11) is 0. The number of halogens is 7. The molecule has 0 unspecified atom stereocenters. The van der Waals surface area contributed by atoms with Gasteiger partial charge in [0.05, 0.1) is 42.0 Å². The number of ether oxygens (including phenoxy) is 1. The van der Waals surface area contributed by atoms with Gasteiger partial charge in [0.1, 0.15) is 0 Å². The van der Waals surface area contributed by atoms with Crippen molar-refractivity contribution in [2.24, 2.45) is 5.41 Å². The summed E-state index contributed by atoms with van der Waals surface area (Å²) in [5.74, 6) is -2.59. The molecule has 2 aliphatic carbocycles. The lowest BCUT2D eigenvalue weighted by atomic mass is 9.68. The van der Waals surface area contributed by atoms with Gasteiger partial charge in [0.25, 0.3) is 0 Å². The van der Waals surface area contributed by atoms with Gasteiger partial charge in [-0.25, -0.2) is 23.1 Å². The normalized spacial score (nSPS) is 21.4. The van der Waals surface area contributed by atoms with Gasteiger partial charge in [-0.1, -0.05) is 26.0 Å². The Morgan fingerprint density at radius 3 is 2.11 bits per heavy atom. The highest BCUT2D eigenvalue weighted by atomic mass is 79.9. The van der Waals surface area contributed by atoms with E-state index >= 15 is 4.39 Å². The van der Waals surface area contributed by atoms with Crippen LogP contribution in [0.4, 0.5) is 32.3 Å². The van der Waals surface area contributed by atoms with Crippen LogP contribution < -0.4 is 9.64 Å². The SMILES string of the molecule is Br.CC(C)(O)CCOc1cnc(N2CCC(c3nc4c(c(C5CCC(F)(F)CC5)c3[C@@H](F)c3ccc(C(F)(F)F)cc3)[C@@H](O)CC(C)(C)C4)CC2)nc1. The molecule has 3 heterocycles. The van der Waals surface area contributed by atoms with E-state index in [4.69, 9.17) is 9.72 Å². The van der Waals surface area contributed by atoms with Crippen LogP contribution in [-0.2, 0) is 12.6 Å². The predicted molar refractivity (Wildman–Crippen MR) is 195 cm³/mol. The highest BCUT2D eigenvalue weighted by molar-refractivity contribution is 8.93. The van der Waals surface area contributed by atoms with Crippen molar-refractivity contribution in [3.8, 4) is 5.75 Å². The first kappa shape index (κ1) is 41.2. The molecule has 1 saturated carbocycles. The van der Waals surface area contributed by atoms with E-state index in [0.29, 0.717) is 86.0 Å². The van der Waals surface area contributed by atoms with Crippen LogP contribution in [0.25, 0.3) is 0 Å². The quantitative estimate of drug-likeness (QED) is 0.208. The molecule has 3 aromatic rings. The zero-order valence-electron chi connectivity index (χ0n) is 30.5. The third kappa shape index (κ3) is 9.65. The molecule has 1 saturated heterocycles. The zero-order valence-corrected chi connectivity index (χ0v) is 32.2. The van der Waals surface area contributed by atoms with Crippen molar-refractivity contribution in [2.75, 3.05) is 24.6 Å². The second-order valence-electron chi connectivity index (χ2n) is 16.2. The smallest absolute Gasteiger partial charge is 0.416 e. The number of hydrogen-bond donors (Lipinski definition) is 2. The average Bonchev–Trinajstić information content (AvgIpc) is 3.06. The van der Waals surface area contributed by atoms with Crippen molar-refractivity contribution in [1.29, 1.82) is 0 Å². The van der Waals surface area contributed by atoms with E-state index in [1.54, 1.807) is 26.2 Å². The maximum Gasteiger partial charge on any atom is 0.416 e. The summed E-state index contributed by atoms with van der Waals surface area (Å²) in [6, 6.07) is 3.97. The Labute approximate surface area is 317 Å². The molecule has 6 rings (SSSR count). The van der Waals surface area contributed by atoms with Crippen LogP contribution in [0.15, 0.2) is 36.7 Å². The first-order chi connectivity index (χ1) is 24.3. The van der Waals surface area contributed by atoms with Crippen molar-refractivity contribution in [1.82, 2.24) is 15.0 Å². The molecule has 2 aromatic heterocycles. The van der Waals surface area contributed by atoms with Crippen LogP contribution in [0.2, 0.25) is 0 Å². The van der Waals surface area contributed by atoms with E-state index in [1.807, 2.05) is 18.7 Å². The molecule has 14 heteroatoms. The third-order valence-electron chi connectivity index (χ3n) is 10.8. The lowest BCUT2D eigenvalue weighted by molar-refractivity contribution is -0.137. The molecule has 0 radical (unpaired) electrons. The van der Waals surface area contributed by atoms with Crippen molar-refractivity contribution in [3.63, 3.8) is 0 Å². The Balaban J connectivity index is 0.00000541. The summed E-state index contributed by atoms with van der Waals surface area (Å²) in [5.41, 5.74) is 0.273. The Bertz CT molecular complexity index is 1700. The number of nitrogens with zero attached hydrogens (tertiary/aromatic N) is 4. The summed E-state index contributed by atoms with van der Waals surface area (Å²) in [6.45, 7) is 8.78. The molecule has 7 nitrogen and oxygen atoms in total. The number of aliphatic hydroxyl groups excluding tert-OH is 1. The van der Waals surface area contributed by atoms with Crippen LogP contribution in [0, 0.1) is 5.41 Å². The maximum atomic E-state index is 17.3. The summed E-state index contributed by atoms with van der Waals surface area (Å²) < 4.78 is 92.3. The van der Waals surface area contributed by atoms with Crippen molar-refractivity contribution >= 4 is 22.9 Å². The minimum Gasteiger partial charge on any atom is -0.490 e. The minimum absolute atomic E-state index is 0. The van der Waals surface area contributed by atoms with Gasteiger partial charge in [0, 0.05) is 55.1 Å². The number of aliphatic hydroxyl groups is 2. The van der Waals surface area contributed by atoms with E-state index in [9.17, 15) is 32.2 Å². The summed E-state index contributed by atoms with van der Waals surface area (Å²) >= 11 is 0. The number of benzene rings is 1. The number of alkyl halides is 6. The van der Waals surface area contributed by atoms with E-state index in [1.165, 1.54) is 0 Å². The van der Waals surface area contributed by atoms with Crippen LogP contribution in [0.1, 0.15) is 142 Å². The molecule has 0 bridgehead atoms. The standard InChI is InChI=1S/C39H48F6N4O3.BrH/c1-36(2)19-28-31(29(50)20-36)30(23-9-13-38(41,42)14-10-23)32(33(40)24-5-7-26(8-6-24)39(43,44)45)34(48-28)25-11-16-49(17-12-25)35-46-21-27(22-47-35)52-18-15-37(3,4)51;/h5-8,21-23,25,29,33,50-51H,9-20H2,1-4H3;1H/t29-,33-;/m0./s1. The van der Waals surface area contributed by atoms with E-state index in [0.717, 1.165) is 24.3 Å². The number of pyridine rings is 1. The topological polar surface area (TPSA) is 91.6 Å². The fourth-order valence-corrected chi connectivity index (χ4v) is 8.03. The monoisotopic (exact) mass is 814 g/mol. The maximum absolute atomic E-state index is 17.3. The van der Waals surface area contributed by atoms with Gasteiger partial charge in [0.15, 0.2) is 11.9 Å². The molecule has 2 atom stereocenters. The number of fused-ring (bicyclic) bond motifs is 1. The number of rotatable bonds is 9. The fraction of sp³-hybridized carbons (Fsp3) is 0.615. The number of aromatic nitrogens is 3. The van der Waals surface area contributed by atoms with Gasteiger partial charge in [-0.2, -0.15) is 13.2 Å². The molecular weight excluding hydrogens is 766 g/mol. The lowest BCUT2D eigenvalue weighted by Gasteiger charge is -2.41. The van der Waals surface area contributed by atoms with Gasteiger partial charge < -0.3 is 19.8 Å². The molecule has 1 aliphatic heterocycles. The predicted octanol–water partition coefficient (Wildman–Crippen LogP) is 9.75. The molecule has 3 aliphatic rings. The molecule has 53 heavy (non-hydrogen) atoms. The van der Waals surface area contributed by atoms with Crippen LogP contribution in [0.5, 0.6) is 5.75 Å². The number of hydrogen-bond acceptors (Lipinski definition) is 7. The Morgan fingerprint density at radius 1 is 0.943 bits per heavy atom. The Morgan fingerprint density at radius 2 is 1.55 bits per heavy atom. The van der Waals surface area contributed by atoms with Gasteiger partial charge in [-0.05, 0) is 87.0 Å². The van der Waals surface area contributed by atoms with Gasteiger partial charge in [0.2, 0.25) is 11.9 Å². The third-order valence-corrected chi connectivity index (χ3v) is 10.8. The molecule has 1 aromatic carbocycles. The Hall–Kier alpha value is -2.97. The minimum atomic E-state index is -4.60. The van der Waals surface area contributed by atoms with E-state index in [-0.39, 0.29) is 65.1 Å². The van der Waals surface area contributed by atoms with Crippen LogP contribution in [-0.4, -0.2) is 56.4 Å². The number of anilines is 1. The van der Waals surface area contributed by atoms with Gasteiger partial charge in [-0.3, -0.25) is 4.98 Å². The Kier molecular flexibility index (Phi) is 12.2. The summed E-state index contributed by atoms with van der Waals surface area (Å²) in [5, 5.41) is 21.5. The van der Waals surface area contributed by atoms with Crippen molar-refractivity contribution in [3.05, 3.63) is 75.9 Å². The highest BCUT2D eigenvalue weighted by Gasteiger charge is 2.44. The number of piperidine rings is 1. The van der Waals surface area contributed by atoms with Crippen LogP contribution in [0.3, 0.4) is 0 Å². The molecule has 2 N–H and O–H groups in total. The molecular formula is C39H49BrF6N4O3. The first-order valence-electron chi connectivity index (χ1n) is 18.2. The largest absolute Gasteiger partial charge is 0.490 e. The second kappa shape index (κ2) is 15.6. The molecule has 292 valence electrons. The van der Waals surface area contributed by atoms with Gasteiger partial charge >= 0.3 is 6.18 Å². The van der Waals surface area contributed by atoms with E-state index < -0.39 is 41.5 Å². The average molecular weight is 816 g/mol. The first-order valence-corrected chi connectivity index (χ1v) is 18.2. The zero-order chi connectivity index (χ0) is 37.6.